The van der Waals surface area contributed by atoms with Gasteiger partial charge in [0.25, 0.3) is 0 Å². The topological polar surface area (TPSA) is 38.3 Å². The van der Waals surface area contributed by atoms with Crippen LogP contribution < -0.4 is 5.32 Å². The largest absolute Gasteiger partial charge is 0.465 e. The van der Waals surface area contributed by atoms with Crippen LogP contribution in [0.2, 0.25) is 0 Å². The Hall–Kier alpha value is -1.35. The standard InChI is InChI=1S/C15H23NO2/c1-5-18-15(17)10-16-12(4)14-8-6-13(7-9-14)11(2)3/h6-9,11-12,16H,5,10H2,1-4H3. The molecule has 0 saturated heterocycles. The van der Waals surface area contributed by atoms with Gasteiger partial charge in [0, 0.05) is 6.04 Å². The Kier molecular flexibility index (Phi) is 5.86. The van der Waals surface area contributed by atoms with Crippen LogP contribution in [0, 0.1) is 0 Å². The van der Waals surface area contributed by atoms with E-state index < -0.39 is 0 Å². The van der Waals surface area contributed by atoms with Gasteiger partial charge in [-0.05, 0) is 30.9 Å². The summed E-state index contributed by atoms with van der Waals surface area (Å²) < 4.78 is 4.88. The van der Waals surface area contributed by atoms with E-state index in [1.165, 1.54) is 11.1 Å². The van der Waals surface area contributed by atoms with E-state index in [9.17, 15) is 4.79 Å². The number of hydrogen-bond donors (Lipinski definition) is 1. The molecular weight excluding hydrogens is 226 g/mol. The smallest absolute Gasteiger partial charge is 0.319 e. The lowest BCUT2D eigenvalue weighted by atomic mass is 10.00. The van der Waals surface area contributed by atoms with Crippen LogP contribution in [0.25, 0.3) is 0 Å². The molecule has 0 bridgehead atoms. The van der Waals surface area contributed by atoms with E-state index in [4.69, 9.17) is 4.74 Å². The van der Waals surface area contributed by atoms with Crippen LogP contribution >= 0.6 is 0 Å². The van der Waals surface area contributed by atoms with Gasteiger partial charge in [-0.15, -0.1) is 0 Å². The van der Waals surface area contributed by atoms with Gasteiger partial charge in [-0.3, -0.25) is 4.79 Å². The van der Waals surface area contributed by atoms with Gasteiger partial charge in [0.05, 0.1) is 13.2 Å². The van der Waals surface area contributed by atoms with Crippen molar-refractivity contribution in [3.05, 3.63) is 35.4 Å². The Bertz CT molecular complexity index is 371. The van der Waals surface area contributed by atoms with Gasteiger partial charge in [0.1, 0.15) is 0 Å². The molecule has 1 unspecified atom stereocenters. The van der Waals surface area contributed by atoms with Crippen molar-refractivity contribution >= 4 is 5.97 Å². The molecule has 100 valence electrons. The quantitative estimate of drug-likeness (QED) is 0.788. The highest BCUT2D eigenvalue weighted by molar-refractivity contribution is 5.71. The predicted octanol–water partition coefficient (Wildman–Crippen LogP) is 3.02. The Balaban J connectivity index is 2.51. The van der Waals surface area contributed by atoms with Crippen molar-refractivity contribution in [3.8, 4) is 0 Å². The number of carbonyl (C=O) groups excluding carboxylic acids is 1. The Morgan fingerprint density at radius 3 is 2.22 bits per heavy atom. The average Bonchev–Trinajstić information content (AvgIpc) is 2.36. The lowest BCUT2D eigenvalue weighted by molar-refractivity contribution is -0.142. The van der Waals surface area contributed by atoms with Crippen LogP contribution in [0.4, 0.5) is 0 Å². The number of benzene rings is 1. The van der Waals surface area contributed by atoms with Crippen molar-refractivity contribution in [2.24, 2.45) is 0 Å². The summed E-state index contributed by atoms with van der Waals surface area (Å²) in [6.45, 7) is 8.89. The maximum Gasteiger partial charge on any atom is 0.319 e. The summed E-state index contributed by atoms with van der Waals surface area (Å²) in [5.74, 6) is 0.338. The van der Waals surface area contributed by atoms with Crippen LogP contribution in [0.5, 0.6) is 0 Å². The Labute approximate surface area is 110 Å². The molecular formula is C15H23NO2. The van der Waals surface area contributed by atoms with Crippen LogP contribution in [-0.4, -0.2) is 19.1 Å². The lowest BCUT2D eigenvalue weighted by Crippen LogP contribution is -2.27. The first-order valence-corrected chi connectivity index (χ1v) is 6.53. The molecule has 0 saturated carbocycles. The summed E-state index contributed by atoms with van der Waals surface area (Å²) in [5, 5.41) is 3.16. The number of hydrogen-bond acceptors (Lipinski definition) is 3. The van der Waals surface area contributed by atoms with Crippen molar-refractivity contribution in [1.82, 2.24) is 5.32 Å². The normalized spacial score (nSPS) is 12.5. The Morgan fingerprint density at radius 1 is 1.17 bits per heavy atom. The van der Waals surface area contributed by atoms with Crippen molar-refractivity contribution in [2.75, 3.05) is 13.2 Å². The molecule has 0 spiro atoms. The minimum absolute atomic E-state index is 0.149. The van der Waals surface area contributed by atoms with E-state index in [1.54, 1.807) is 0 Å². The maximum absolute atomic E-state index is 11.2. The molecule has 0 heterocycles. The molecule has 1 aromatic carbocycles. The lowest BCUT2D eigenvalue weighted by Gasteiger charge is -2.15. The second kappa shape index (κ2) is 7.17. The predicted molar refractivity (Wildman–Crippen MR) is 73.6 cm³/mol. The molecule has 0 aliphatic rings. The fourth-order valence-corrected chi connectivity index (χ4v) is 1.74. The first-order valence-electron chi connectivity index (χ1n) is 6.53. The molecule has 0 radical (unpaired) electrons. The van der Waals surface area contributed by atoms with Crippen LogP contribution in [0.1, 0.15) is 50.8 Å². The molecule has 18 heavy (non-hydrogen) atoms. The molecule has 3 heteroatoms. The van der Waals surface area contributed by atoms with E-state index >= 15 is 0 Å². The summed E-state index contributed by atoms with van der Waals surface area (Å²) in [4.78, 5) is 11.2. The summed E-state index contributed by atoms with van der Waals surface area (Å²) in [6, 6.07) is 8.65. The second-order valence-electron chi connectivity index (χ2n) is 4.73. The molecule has 0 fully saturated rings. The van der Waals surface area contributed by atoms with Crippen LogP contribution in [0.3, 0.4) is 0 Å². The third kappa shape index (κ3) is 4.49. The van der Waals surface area contributed by atoms with E-state index in [1.807, 2.05) is 13.8 Å². The van der Waals surface area contributed by atoms with E-state index in [0.29, 0.717) is 12.5 Å². The summed E-state index contributed by atoms with van der Waals surface area (Å²) in [5.41, 5.74) is 2.51. The van der Waals surface area contributed by atoms with E-state index in [-0.39, 0.29) is 18.6 Å². The van der Waals surface area contributed by atoms with Crippen molar-refractivity contribution < 1.29 is 9.53 Å². The van der Waals surface area contributed by atoms with E-state index in [2.05, 4.69) is 43.4 Å². The maximum atomic E-state index is 11.2. The first-order chi connectivity index (χ1) is 8.54. The van der Waals surface area contributed by atoms with Gasteiger partial charge in [0.2, 0.25) is 0 Å². The van der Waals surface area contributed by atoms with E-state index in [0.717, 1.165) is 0 Å². The molecule has 0 amide bonds. The SMILES string of the molecule is CCOC(=O)CNC(C)c1ccc(C(C)C)cc1. The number of nitrogens with one attached hydrogen (secondary N) is 1. The molecule has 3 nitrogen and oxygen atoms in total. The van der Waals surface area contributed by atoms with Crippen molar-refractivity contribution in [1.29, 1.82) is 0 Å². The monoisotopic (exact) mass is 249 g/mol. The zero-order valence-electron chi connectivity index (χ0n) is 11.7. The fourth-order valence-electron chi connectivity index (χ4n) is 1.74. The number of rotatable bonds is 6. The zero-order chi connectivity index (χ0) is 13.5. The average molecular weight is 249 g/mol. The molecule has 0 aromatic heterocycles. The molecule has 1 N–H and O–H groups in total. The third-order valence-corrected chi connectivity index (χ3v) is 2.96. The minimum Gasteiger partial charge on any atom is -0.465 e. The molecule has 0 aliphatic heterocycles. The number of ether oxygens (including phenoxy) is 1. The summed E-state index contributed by atoms with van der Waals surface area (Å²) >= 11 is 0. The summed E-state index contributed by atoms with van der Waals surface area (Å²) in [6.07, 6.45) is 0. The van der Waals surface area contributed by atoms with Gasteiger partial charge in [-0.25, -0.2) is 0 Å². The highest BCUT2D eigenvalue weighted by atomic mass is 16.5. The summed E-state index contributed by atoms with van der Waals surface area (Å²) in [7, 11) is 0. The first kappa shape index (κ1) is 14.7. The highest BCUT2D eigenvalue weighted by Gasteiger charge is 2.08. The van der Waals surface area contributed by atoms with Gasteiger partial charge < -0.3 is 10.1 Å². The third-order valence-electron chi connectivity index (χ3n) is 2.96. The van der Waals surface area contributed by atoms with Gasteiger partial charge in [0.15, 0.2) is 0 Å². The number of esters is 1. The van der Waals surface area contributed by atoms with Crippen LogP contribution in [0.15, 0.2) is 24.3 Å². The van der Waals surface area contributed by atoms with Gasteiger partial charge in [-0.2, -0.15) is 0 Å². The number of carbonyl (C=O) groups is 1. The fraction of sp³-hybridized carbons (Fsp3) is 0.533. The molecule has 1 aromatic rings. The van der Waals surface area contributed by atoms with Gasteiger partial charge in [-0.1, -0.05) is 38.1 Å². The van der Waals surface area contributed by atoms with Crippen molar-refractivity contribution in [2.45, 2.75) is 39.7 Å². The van der Waals surface area contributed by atoms with Crippen LogP contribution in [-0.2, 0) is 9.53 Å². The molecule has 0 aliphatic carbocycles. The molecule has 1 rings (SSSR count). The minimum atomic E-state index is -0.205. The van der Waals surface area contributed by atoms with Gasteiger partial charge >= 0.3 is 5.97 Å². The zero-order valence-corrected chi connectivity index (χ0v) is 11.7. The molecule has 1 atom stereocenters. The van der Waals surface area contributed by atoms with Crippen molar-refractivity contribution in [3.63, 3.8) is 0 Å². The second-order valence-corrected chi connectivity index (χ2v) is 4.73. The highest BCUT2D eigenvalue weighted by Crippen LogP contribution is 2.18. The Morgan fingerprint density at radius 2 is 1.72 bits per heavy atom.